The van der Waals surface area contributed by atoms with E-state index in [2.05, 4.69) is 29.6 Å². The first kappa shape index (κ1) is 15.6. The molecule has 0 spiro atoms. The van der Waals surface area contributed by atoms with Crippen LogP contribution >= 0.6 is 0 Å². The first-order chi connectivity index (χ1) is 11.2. The highest BCUT2D eigenvalue weighted by atomic mass is 16.1. The number of amides is 1. The summed E-state index contributed by atoms with van der Waals surface area (Å²) in [5, 5.41) is 3.24. The Labute approximate surface area is 137 Å². The van der Waals surface area contributed by atoms with Gasteiger partial charge in [0.1, 0.15) is 0 Å². The molecule has 120 valence electrons. The van der Waals surface area contributed by atoms with Gasteiger partial charge in [0, 0.05) is 24.1 Å². The summed E-state index contributed by atoms with van der Waals surface area (Å²) in [5.41, 5.74) is 9.09. The third-order valence-corrected chi connectivity index (χ3v) is 4.77. The van der Waals surface area contributed by atoms with Crippen molar-refractivity contribution in [1.82, 2.24) is 5.32 Å². The van der Waals surface area contributed by atoms with Crippen LogP contribution in [0.1, 0.15) is 42.7 Å². The van der Waals surface area contributed by atoms with Crippen molar-refractivity contribution in [3.05, 3.63) is 65.7 Å². The second-order valence-corrected chi connectivity index (χ2v) is 6.32. The van der Waals surface area contributed by atoms with Gasteiger partial charge in [0.25, 0.3) is 0 Å². The molecule has 1 saturated carbocycles. The molecular weight excluding hydrogens is 284 g/mol. The van der Waals surface area contributed by atoms with Crippen molar-refractivity contribution >= 4 is 11.6 Å². The van der Waals surface area contributed by atoms with Gasteiger partial charge in [-0.15, -0.1) is 0 Å². The molecule has 3 nitrogen and oxygen atoms in total. The normalized spacial score (nSPS) is 20.3. The zero-order valence-electron chi connectivity index (χ0n) is 13.4. The zero-order valence-corrected chi connectivity index (χ0v) is 13.4. The molecule has 1 aliphatic rings. The maximum atomic E-state index is 12.3. The first-order valence-electron chi connectivity index (χ1n) is 8.42. The van der Waals surface area contributed by atoms with Crippen LogP contribution in [0.2, 0.25) is 0 Å². The van der Waals surface area contributed by atoms with Gasteiger partial charge in [0.2, 0.25) is 5.91 Å². The van der Waals surface area contributed by atoms with Crippen LogP contribution in [0.25, 0.3) is 0 Å². The van der Waals surface area contributed by atoms with E-state index in [1.165, 1.54) is 12.0 Å². The van der Waals surface area contributed by atoms with Crippen molar-refractivity contribution in [3.8, 4) is 0 Å². The van der Waals surface area contributed by atoms with Crippen LogP contribution in [0, 0.1) is 0 Å². The monoisotopic (exact) mass is 308 g/mol. The van der Waals surface area contributed by atoms with Crippen LogP contribution in [0.15, 0.2) is 54.6 Å². The number of carbonyl (C=O) groups excluding carboxylic acids is 1. The van der Waals surface area contributed by atoms with E-state index >= 15 is 0 Å². The van der Waals surface area contributed by atoms with E-state index < -0.39 is 0 Å². The number of anilines is 1. The van der Waals surface area contributed by atoms with Gasteiger partial charge in [-0.3, -0.25) is 4.79 Å². The molecule has 23 heavy (non-hydrogen) atoms. The molecular formula is C20H24N2O. The Bertz CT molecular complexity index is 654. The van der Waals surface area contributed by atoms with E-state index in [9.17, 15) is 4.79 Å². The van der Waals surface area contributed by atoms with Crippen molar-refractivity contribution in [2.45, 2.75) is 44.1 Å². The minimum atomic E-state index is 0.126. The van der Waals surface area contributed by atoms with Crippen LogP contribution < -0.4 is 11.1 Å². The van der Waals surface area contributed by atoms with Gasteiger partial charge in [0.15, 0.2) is 0 Å². The molecule has 1 aliphatic carbocycles. The molecule has 3 N–H and O–H groups in total. The molecule has 3 rings (SSSR count). The molecule has 0 bridgehead atoms. The summed E-state index contributed by atoms with van der Waals surface area (Å²) >= 11 is 0. The van der Waals surface area contributed by atoms with Crippen molar-refractivity contribution in [1.29, 1.82) is 0 Å². The third kappa shape index (κ3) is 3.92. The number of hydrogen-bond donors (Lipinski definition) is 2. The van der Waals surface area contributed by atoms with Crippen molar-refractivity contribution in [2.75, 3.05) is 5.73 Å². The van der Waals surface area contributed by atoms with Crippen molar-refractivity contribution in [2.24, 2.45) is 0 Å². The predicted molar refractivity (Wildman–Crippen MR) is 94.1 cm³/mol. The summed E-state index contributed by atoms with van der Waals surface area (Å²) in [6.07, 6.45) is 4.59. The van der Waals surface area contributed by atoms with E-state index in [4.69, 9.17) is 5.73 Å². The predicted octanol–water partition coefficient (Wildman–Crippen LogP) is 3.65. The molecule has 1 fully saturated rings. The van der Waals surface area contributed by atoms with Crippen LogP contribution in [-0.4, -0.2) is 11.9 Å². The van der Waals surface area contributed by atoms with Gasteiger partial charge in [-0.05, 0) is 36.5 Å². The van der Waals surface area contributed by atoms with Gasteiger partial charge in [0.05, 0.1) is 0 Å². The number of para-hydroxylation sites is 1. The molecule has 1 amide bonds. The number of nitrogen functional groups attached to an aromatic ring is 1. The summed E-state index contributed by atoms with van der Waals surface area (Å²) in [5.74, 6) is 0.572. The lowest BCUT2D eigenvalue weighted by atomic mass is 9.94. The lowest BCUT2D eigenvalue weighted by molar-refractivity contribution is -0.121. The van der Waals surface area contributed by atoms with Gasteiger partial charge >= 0.3 is 0 Å². The number of nitrogens with two attached hydrogens (primary N) is 1. The Kier molecular flexibility index (Phi) is 4.96. The molecule has 2 aromatic rings. The van der Waals surface area contributed by atoms with E-state index in [-0.39, 0.29) is 11.9 Å². The minimum absolute atomic E-state index is 0.126. The van der Waals surface area contributed by atoms with Crippen molar-refractivity contribution in [3.63, 3.8) is 0 Å². The summed E-state index contributed by atoms with van der Waals surface area (Å²) in [6, 6.07) is 18.5. The Hall–Kier alpha value is -2.29. The van der Waals surface area contributed by atoms with Gasteiger partial charge in [-0.2, -0.15) is 0 Å². The fourth-order valence-corrected chi connectivity index (χ4v) is 3.52. The topological polar surface area (TPSA) is 55.1 Å². The standard InChI is InChI=1S/C20H24N2O/c21-18-11-5-4-9-16(18)13-14-20(23)22-19-12-6-10-17(19)15-7-2-1-3-8-15/h1-5,7-9,11,17,19H,6,10,12-14,21H2,(H,22,23). The number of rotatable bonds is 5. The fraction of sp³-hybridized carbons (Fsp3) is 0.350. The molecule has 0 radical (unpaired) electrons. The van der Waals surface area contributed by atoms with Gasteiger partial charge in [-0.25, -0.2) is 0 Å². The van der Waals surface area contributed by atoms with Crippen LogP contribution in [0.3, 0.4) is 0 Å². The lowest BCUT2D eigenvalue weighted by Crippen LogP contribution is -2.36. The summed E-state index contributed by atoms with van der Waals surface area (Å²) in [4.78, 5) is 12.3. The van der Waals surface area contributed by atoms with E-state index in [1.807, 2.05) is 30.3 Å². The first-order valence-corrected chi connectivity index (χ1v) is 8.42. The maximum Gasteiger partial charge on any atom is 0.220 e. The van der Waals surface area contributed by atoms with E-state index in [0.717, 1.165) is 24.1 Å². The maximum absolute atomic E-state index is 12.3. The quantitative estimate of drug-likeness (QED) is 0.828. The highest BCUT2D eigenvalue weighted by Gasteiger charge is 2.29. The smallest absolute Gasteiger partial charge is 0.220 e. The van der Waals surface area contributed by atoms with Gasteiger partial charge in [-0.1, -0.05) is 55.0 Å². The van der Waals surface area contributed by atoms with Crippen LogP contribution in [0.4, 0.5) is 5.69 Å². The average Bonchev–Trinajstić information content (AvgIpc) is 3.03. The fourth-order valence-electron chi connectivity index (χ4n) is 3.52. The van der Waals surface area contributed by atoms with Crippen LogP contribution in [0.5, 0.6) is 0 Å². The summed E-state index contributed by atoms with van der Waals surface area (Å²) in [6.45, 7) is 0. The number of aryl methyl sites for hydroxylation is 1. The second kappa shape index (κ2) is 7.32. The average molecular weight is 308 g/mol. The number of hydrogen-bond acceptors (Lipinski definition) is 2. The molecule has 0 heterocycles. The summed E-state index contributed by atoms with van der Waals surface area (Å²) < 4.78 is 0. The Balaban J connectivity index is 1.56. The summed E-state index contributed by atoms with van der Waals surface area (Å²) in [7, 11) is 0. The second-order valence-electron chi connectivity index (χ2n) is 6.32. The van der Waals surface area contributed by atoms with E-state index in [1.54, 1.807) is 0 Å². The SMILES string of the molecule is Nc1ccccc1CCC(=O)NC1CCCC1c1ccccc1. The molecule has 0 aliphatic heterocycles. The number of carbonyl (C=O) groups is 1. The largest absolute Gasteiger partial charge is 0.399 e. The van der Waals surface area contributed by atoms with E-state index in [0.29, 0.717) is 18.8 Å². The Morgan fingerprint density at radius 2 is 1.78 bits per heavy atom. The molecule has 2 unspecified atom stereocenters. The highest BCUT2D eigenvalue weighted by Crippen LogP contribution is 2.34. The highest BCUT2D eigenvalue weighted by molar-refractivity contribution is 5.77. The molecule has 0 aromatic heterocycles. The minimum Gasteiger partial charge on any atom is -0.399 e. The van der Waals surface area contributed by atoms with Gasteiger partial charge < -0.3 is 11.1 Å². The molecule has 2 aromatic carbocycles. The molecule has 3 heteroatoms. The Morgan fingerprint density at radius 3 is 2.57 bits per heavy atom. The Morgan fingerprint density at radius 1 is 1.04 bits per heavy atom. The van der Waals surface area contributed by atoms with Crippen molar-refractivity contribution < 1.29 is 4.79 Å². The third-order valence-electron chi connectivity index (χ3n) is 4.77. The molecule has 2 atom stereocenters. The van der Waals surface area contributed by atoms with Crippen LogP contribution in [-0.2, 0) is 11.2 Å². The number of nitrogens with one attached hydrogen (secondary N) is 1. The molecule has 0 saturated heterocycles. The number of benzene rings is 2. The lowest BCUT2D eigenvalue weighted by Gasteiger charge is -2.21. The zero-order chi connectivity index (χ0) is 16.1.